The van der Waals surface area contributed by atoms with Crippen LogP contribution in [0.5, 0.6) is 0 Å². The first-order chi connectivity index (χ1) is 8.33. The molecule has 1 unspecified atom stereocenters. The van der Waals surface area contributed by atoms with Gasteiger partial charge in [-0.1, -0.05) is 18.2 Å². The van der Waals surface area contributed by atoms with Gasteiger partial charge in [0.25, 0.3) is 0 Å². The van der Waals surface area contributed by atoms with Crippen LogP contribution in [0.25, 0.3) is 0 Å². The average molecular weight is 234 g/mol. The van der Waals surface area contributed by atoms with Crippen molar-refractivity contribution in [1.29, 1.82) is 0 Å². The van der Waals surface area contributed by atoms with E-state index in [1.54, 1.807) is 6.07 Å². The molecular weight excluding hydrogens is 215 g/mol. The molecule has 3 saturated heterocycles. The molecule has 3 heterocycles. The second-order valence-corrected chi connectivity index (χ2v) is 5.22. The fourth-order valence-electron chi connectivity index (χ4n) is 3.08. The van der Waals surface area contributed by atoms with E-state index in [-0.39, 0.29) is 5.82 Å². The standard InChI is InChI=1S/C14H19FN2/c15-13-4-2-1-3-12(13)9-16-14-10-17-7-5-11(14)6-8-17/h1-4,11,14,16H,5-10H2. The van der Waals surface area contributed by atoms with Crippen LogP contribution in [0.2, 0.25) is 0 Å². The predicted octanol–water partition coefficient (Wildman–Crippen LogP) is 2.01. The lowest BCUT2D eigenvalue weighted by molar-refractivity contribution is 0.0719. The highest BCUT2D eigenvalue weighted by Crippen LogP contribution is 2.27. The first kappa shape index (κ1) is 11.2. The van der Waals surface area contributed by atoms with Crippen LogP contribution >= 0.6 is 0 Å². The molecule has 3 aliphatic rings. The quantitative estimate of drug-likeness (QED) is 0.860. The summed E-state index contributed by atoms with van der Waals surface area (Å²) in [5, 5.41) is 3.53. The minimum atomic E-state index is -0.0960. The zero-order valence-electron chi connectivity index (χ0n) is 10.0. The summed E-state index contributed by atoms with van der Waals surface area (Å²) in [6.07, 6.45) is 2.60. The summed E-state index contributed by atoms with van der Waals surface area (Å²) >= 11 is 0. The molecule has 3 fully saturated rings. The molecule has 2 bridgehead atoms. The Labute approximate surface area is 102 Å². The van der Waals surface area contributed by atoms with Crippen LogP contribution < -0.4 is 5.32 Å². The molecule has 2 nitrogen and oxygen atoms in total. The largest absolute Gasteiger partial charge is 0.308 e. The number of fused-ring (bicyclic) bond motifs is 3. The van der Waals surface area contributed by atoms with E-state index >= 15 is 0 Å². The number of nitrogens with zero attached hydrogens (tertiary/aromatic N) is 1. The third kappa shape index (κ3) is 2.35. The lowest BCUT2D eigenvalue weighted by Gasteiger charge is -2.45. The molecule has 0 amide bonds. The van der Waals surface area contributed by atoms with E-state index < -0.39 is 0 Å². The van der Waals surface area contributed by atoms with E-state index in [9.17, 15) is 4.39 Å². The maximum atomic E-state index is 13.5. The zero-order chi connectivity index (χ0) is 11.7. The lowest BCUT2D eigenvalue weighted by atomic mass is 9.84. The fourth-order valence-corrected chi connectivity index (χ4v) is 3.08. The van der Waals surface area contributed by atoms with Crippen LogP contribution in [-0.4, -0.2) is 30.6 Å². The molecule has 3 aliphatic heterocycles. The molecule has 92 valence electrons. The van der Waals surface area contributed by atoms with Crippen molar-refractivity contribution >= 4 is 0 Å². The van der Waals surface area contributed by atoms with Gasteiger partial charge in [0.15, 0.2) is 0 Å². The van der Waals surface area contributed by atoms with Crippen LogP contribution in [-0.2, 0) is 6.54 Å². The summed E-state index contributed by atoms with van der Waals surface area (Å²) in [5.41, 5.74) is 0.781. The zero-order valence-corrected chi connectivity index (χ0v) is 10.0. The minimum Gasteiger partial charge on any atom is -0.308 e. The van der Waals surface area contributed by atoms with Crippen molar-refractivity contribution in [3.63, 3.8) is 0 Å². The molecule has 4 rings (SSSR count). The summed E-state index contributed by atoms with van der Waals surface area (Å²) in [6, 6.07) is 7.60. The molecule has 0 aromatic heterocycles. The van der Waals surface area contributed by atoms with Gasteiger partial charge in [-0.3, -0.25) is 0 Å². The van der Waals surface area contributed by atoms with Gasteiger partial charge in [-0.2, -0.15) is 0 Å². The second-order valence-electron chi connectivity index (χ2n) is 5.22. The van der Waals surface area contributed by atoms with Crippen molar-refractivity contribution < 1.29 is 4.39 Å². The highest BCUT2D eigenvalue weighted by molar-refractivity contribution is 5.17. The van der Waals surface area contributed by atoms with Gasteiger partial charge in [0, 0.05) is 24.7 Å². The third-order valence-corrected chi connectivity index (χ3v) is 4.17. The van der Waals surface area contributed by atoms with Crippen molar-refractivity contribution in [2.24, 2.45) is 5.92 Å². The molecule has 0 radical (unpaired) electrons. The summed E-state index contributed by atoms with van der Waals surface area (Å²) in [4.78, 5) is 2.51. The van der Waals surface area contributed by atoms with E-state index in [1.165, 1.54) is 32.0 Å². The van der Waals surface area contributed by atoms with Crippen LogP contribution in [0.4, 0.5) is 4.39 Å². The Kier molecular flexibility index (Phi) is 3.12. The Hall–Kier alpha value is -0.930. The molecule has 1 aromatic carbocycles. The van der Waals surface area contributed by atoms with Crippen LogP contribution in [0.3, 0.4) is 0 Å². The number of piperidine rings is 3. The van der Waals surface area contributed by atoms with Crippen LogP contribution in [0.15, 0.2) is 24.3 Å². The average Bonchev–Trinajstić information content (AvgIpc) is 2.39. The van der Waals surface area contributed by atoms with E-state index in [2.05, 4.69) is 10.2 Å². The number of benzene rings is 1. The second kappa shape index (κ2) is 4.75. The molecule has 1 N–H and O–H groups in total. The van der Waals surface area contributed by atoms with Gasteiger partial charge in [0.2, 0.25) is 0 Å². The lowest BCUT2D eigenvalue weighted by Crippen LogP contribution is -2.55. The maximum absolute atomic E-state index is 13.5. The smallest absolute Gasteiger partial charge is 0.127 e. The maximum Gasteiger partial charge on any atom is 0.127 e. The molecule has 17 heavy (non-hydrogen) atoms. The Morgan fingerprint density at radius 2 is 2.00 bits per heavy atom. The molecular formula is C14H19FN2. The molecule has 1 aromatic rings. The summed E-state index contributed by atoms with van der Waals surface area (Å²) in [7, 11) is 0. The van der Waals surface area contributed by atoms with Crippen molar-refractivity contribution in [3.8, 4) is 0 Å². The number of rotatable bonds is 3. The van der Waals surface area contributed by atoms with Gasteiger partial charge in [-0.15, -0.1) is 0 Å². The van der Waals surface area contributed by atoms with Gasteiger partial charge in [0.1, 0.15) is 5.82 Å². The van der Waals surface area contributed by atoms with Gasteiger partial charge in [-0.25, -0.2) is 4.39 Å². The van der Waals surface area contributed by atoms with E-state index in [1.807, 2.05) is 12.1 Å². The number of nitrogens with one attached hydrogen (secondary N) is 1. The van der Waals surface area contributed by atoms with Gasteiger partial charge in [-0.05, 0) is 37.9 Å². The topological polar surface area (TPSA) is 15.3 Å². The summed E-state index contributed by atoms with van der Waals surface area (Å²) in [5.74, 6) is 0.702. The van der Waals surface area contributed by atoms with Crippen molar-refractivity contribution in [1.82, 2.24) is 10.2 Å². The summed E-state index contributed by atoms with van der Waals surface area (Å²) < 4.78 is 13.5. The summed E-state index contributed by atoms with van der Waals surface area (Å²) in [6.45, 7) is 4.30. The molecule has 0 aliphatic carbocycles. The van der Waals surface area contributed by atoms with Gasteiger partial charge < -0.3 is 10.2 Å². The molecule has 3 heteroatoms. The predicted molar refractivity (Wildman–Crippen MR) is 66.2 cm³/mol. The number of hydrogen-bond donors (Lipinski definition) is 1. The molecule has 1 atom stereocenters. The fraction of sp³-hybridized carbons (Fsp3) is 0.571. The van der Waals surface area contributed by atoms with Gasteiger partial charge in [0.05, 0.1) is 0 Å². The van der Waals surface area contributed by atoms with E-state index in [0.29, 0.717) is 12.6 Å². The first-order valence-electron chi connectivity index (χ1n) is 6.52. The van der Waals surface area contributed by atoms with Gasteiger partial charge >= 0.3 is 0 Å². The van der Waals surface area contributed by atoms with Crippen molar-refractivity contribution in [2.75, 3.05) is 19.6 Å². The highest BCUT2D eigenvalue weighted by atomic mass is 19.1. The molecule has 0 saturated carbocycles. The van der Waals surface area contributed by atoms with Crippen LogP contribution in [0.1, 0.15) is 18.4 Å². The monoisotopic (exact) mass is 234 g/mol. The van der Waals surface area contributed by atoms with Crippen molar-refractivity contribution in [2.45, 2.75) is 25.4 Å². The SMILES string of the molecule is Fc1ccccc1CNC1CN2CCC1CC2. The Morgan fingerprint density at radius 3 is 2.65 bits per heavy atom. The number of hydrogen-bond acceptors (Lipinski definition) is 2. The molecule has 0 spiro atoms. The Balaban J connectivity index is 1.60. The highest BCUT2D eigenvalue weighted by Gasteiger charge is 2.33. The Bertz CT molecular complexity index is 386. The van der Waals surface area contributed by atoms with Crippen LogP contribution in [0, 0.1) is 11.7 Å². The number of halogens is 1. The third-order valence-electron chi connectivity index (χ3n) is 4.17. The van der Waals surface area contributed by atoms with Crippen molar-refractivity contribution in [3.05, 3.63) is 35.6 Å². The normalized spacial score (nSPS) is 31.7. The Morgan fingerprint density at radius 1 is 1.24 bits per heavy atom. The van der Waals surface area contributed by atoms with E-state index in [4.69, 9.17) is 0 Å². The first-order valence-corrected chi connectivity index (χ1v) is 6.52. The van der Waals surface area contributed by atoms with E-state index in [0.717, 1.165) is 18.0 Å². The minimum absolute atomic E-state index is 0.0960.